The van der Waals surface area contributed by atoms with Crippen molar-refractivity contribution in [2.75, 3.05) is 13.1 Å². The summed E-state index contributed by atoms with van der Waals surface area (Å²) in [6.45, 7) is -1.52. The molecule has 84 valence electrons. The first-order chi connectivity index (χ1) is 6.90. The van der Waals surface area contributed by atoms with Crippen molar-refractivity contribution in [1.29, 1.82) is 0 Å². The van der Waals surface area contributed by atoms with Crippen LogP contribution in [-0.4, -0.2) is 34.8 Å². The van der Waals surface area contributed by atoms with Gasteiger partial charge in [0.2, 0.25) is 0 Å². The number of ketones is 1. The van der Waals surface area contributed by atoms with Gasteiger partial charge in [-0.15, -0.1) is 0 Å². The topological polar surface area (TPSA) is 46.9 Å². The van der Waals surface area contributed by atoms with E-state index in [1.165, 1.54) is 16.9 Å². The molecule has 0 radical (unpaired) electrons. The number of hydrogen-bond donors (Lipinski definition) is 1. The molecule has 0 aliphatic carbocycles. The van der Waals surface area contributed by atoms with Crippen LogP contribution in [0.3, 0.4) is 0 Å². The van der Waals surface area contributed by atoms with Crippen molar-refractivity contribution in [3.05, 3.63) is 18.0 Å². The number of nitrogens with zero attached hydrogens (tertiary/aromatic N) is 2. The fraction of sp³-hybridized carbons (Fsp3) is 0.500. The maximum absolute atomic E-state index is 11.7. The minimum Gasteiger partial charge on any atom is -0.301 e. The molecule has 0 bridgehead atoms. The van der Waals surface area contributed by atoms with Crippen LogP contribution in [0.1, 0.15) is 10.5 Å². The van der Waals surface area contributed by atoms with E-state index in [9.17, 15) is 18.0 Å². The molecule has 1 heterocycles. The van der Waals surface area contributed by atoms with Gasteiger partial charge in [0.25, 0.3) is 0 Å². The Morgan fingerprint density at radius 3 is 2.73 bits per heavy atom. The molecule has 0 saturated heterocycles. The number of aryl methyl sites for hydroxylation is 1. The third kappa shape index (κ3) is 3.70. The van der Waals surface area contributed by atoms with Crippen molar-refractivity contribution in [2.24, 2.45) is 7.05 Å². The highest BCUT2D eigenvalue weighted by molar-refractivity contribution is 5.95. The van der Waals surface area contributed by atoms with Crippen molar-refractivity contribution in [3.63, 3.8) is 0 Å². The molecule has 0 unspecified atom stereocenters. The molecule has 0 fully saturated rings. The van der Waals surface area contributed by atoms with E-state index >= 15 is 0 Å². The zero-order valence-electron chi connectivity index (χ0n) is 8.01. The Bertz CT molecular complexity index is 345. The quantitative estimate of drug-likeness (QED) is 0.763. The van der Waals surface area contributed by atoms with Crippen LogP contribution in [0.2, 0.25) is 0 Å². The minimum atomic E-state index is -4.30. The molecule has 15 heavy (non-hydrogen) atoms. The van der Waals surface area contributed by atoms with E-state index in [1.807, 2.05) is 5.32 Å². The molecule has 0 aliphatic rings. The Kier molecular flexibility index (Phi) is 3.46. The summed E-state index contributed by atoms with van der Waals surface area (Å²) in [5.74, 6) is -0.417. The largest absolute Gasteiger partial charge is 0.401 e. The number of nitrogens with one attached hydrogen (secondary N) is 1. The molecule has 1 aromatic rings. The Hall–Kier alpha value is -1.37. The normalized spacial score (nSPS) is 11.7. The Labute approximate surface area is 84.1 Å². The lowest BCUT2D eigenvalue weighted by Crippen LogP contribution is -2.33. The first kappa shape index (κ1) is 11.7. The summed E-state index contributed by atoms with van der Waals surface area (Å²) >= 11 is 0. The summed E-state index contributed by atoms with van der Waals surface area (Å²) in [6.07, 6.45) is -2.89. The van der Waals surface area contributed by atoms with Gasteiger partial charge in [0.15, 0.2) is 5.78 Å². The van der Waals surface area contributed by atoms with Gasteiger partial charge in [0.1, 0.15) is 5.69 Å². The highest BCUT2D eigenvalue weighted by Crippen LogP contribution is 2.12. The summed E-state index contributed by atoms with van der Waals surface area (Å²) in [4.78, 5) is 11.3. The molecular formula is C8H10F3N3O. The Morgan fingerprint density at radius 1 is 1.60 bits per heavy atom. The lowest BCUT2D eigenvalue weighted by molar-refractivity contribution is -0.124. The number of aromatic nitrogens is 2. The maximum Gasteiger partial charge on any atom is 0.401 e. The van der Waals surface area contributed by atoms with Crippen LogP contribution < -0.4 is 5.32 Å². The standard InChI is InChI=1S/C8H10F3N3O/c1-14-6(2-3-13-14)7(15)4-12-5-8(9,10)11/h2-3,12H,4-5H2,1H3. The third-order valence-corrected chi connectivity index (χ3v) is 1.72. The van der Waals surface area contributed by atoms with Crippen molar-refractivity contribution < 1.29 is 18.0 Å². The number of hydrogen-bond acceptors (Lipinski definition) is 3. The molecule has 7 heteroatoms. The number of alkyl halides is 3. The Morgan fingerprint density at radius 2 is 2.27 bits per heavy atom. The van der Waals surface area contributed by atoms with E-state index in [0.717, 1.165) is 0 Å². The van der Waals surface area contributed by atoms with Gasteiger partial charge in [0, 0.05) is 13.2 Å². The highest BCUT2D eigenvalue weighted by atomic mass is 19.4. The summed E-state index contributed by atoms with van der Waals surface area (Å²) < 4.78 is 36.5. The van der Waals surface area contributed by atoms with Crippen molar-refractivity contribution in [2.45, 2.75) is 6.18 Å². The zero-order valence-corrected chi connectivity index (χ0v) is 8.01. The minimum absolute atomic E-state index is 0.282. The van der Waals surface area contributed by atoms with Gasteiger partial charge in [-0.1, -0.05) is 0 Å². The lowest BCUT2D eigenvalue weighted by Gasteiger charge is -2.07. The SMILES string of the molecule is Cn1nccc1C(=O)CNCC(F)(F)F. The predicted octanol–water partition coefficient (Wildman–Crippen LogP) is 0.755. The number of halogens is 3. The van der Waals surface area contributed by atoms with Crippen molar-refractivity contribution in [3.8, 4) is 0 Å². The second-order valence-electron chi connectivity index (χ2n) is 2.98. The van der Waals surface area contributed by atoms with Crippen LogP contribution >= 0.6 is 0 Å². The number of carbonyl (C=O) groups excluding carboxylic acids is 1. The molecular weight excluding hydrogens is 211 g/mol. The van der Waals surface area contributed by atoms with Gasteiger partial charge in [0.05, 0.1) is 13.1 Å². The summed E-state index contributed by atoms with van der Waals surface area (Å²) in [5.41, 5.74) is 0.282. The zero-order chi connectivity index (χ0) is 11.5. The fourth-order valence-electron chi connectivity index (χ4n) is 1.06. The van der Waals surface area contributed by atoms with Crippen molar-refractivity contribution >= 4 is 5.78 Å². The van der Waals surface area contributed by atoms with Crippen LogP contribution in [0.5, 0.6) is 0 Å². The van der Waals surface area contributed by atoms with Gasteiger partial charge in [-0.05, 0) is 6.07 Å². The first-order valence-corrected chi connectivity index (χ1v) is 4.19. The van der Waals surface area contributed by atoms with E-state index in [4.69, 9.17) is 0 Å². The third-order valence-electron chi connectivity index (χ3n) is 1.72. The van der Waals surface area contributed by atoms with Crippen LogP contribution in [0.15, 0.2) is 12.3 Å². The van der Waals surface area contributed by atoms with Crippen LogP contribution in [0.4, 0.5) is 13.2 Å². The van der Waals surface area contributed by atoms with Gasteiger partial charge in [-0.25, -0.2) is 0 Å². The smallest absolute Gasteiger partial charge is 0.301 e. The van der Waals surface area contributed by atoms with Gasteiger partial charge < -0.3 is 5.32 Å². The molecule has 0 aliphatic heterocycles. The molecule has 0 atom stereocenters. The molecule has 4 nitrogen and oxygen atoms in total. The predicted molar refractivity (Wildman–Crippen MR) is 46.5 cm³/mol. The number of Topliss-reactive ketones (excluding diaryl/α,β-unsaturated/α-hetero) is 1. The van der Waals surface area contributed by atoms with E-state index in [-0.39, 0.29) is 12.2 Å². The molecule has 1 aromatic heterocycles. The van der Waals surface area contributed by atoms with E-state index in [1.54, 1.807) is 7.05 Å². The molecule has 0 spiro atoms. The van der Waals surface area contributed by atoms with Gasteiger partial charge >= 0.3 is 6.18 Å². The van der Waals surface area contributed by atoms with Crippen LogP contribution in [-0.2, 0) is 7.05 Å². The van der Waals surface area contributed by atoms with Gasteiger partial charge in [-0.3, -0.25) is 9.48 Å². The molecule has 0 amide bonds. The van der Waals surface area contributed by atoms with E-state index < -0.39 is 18.5 Å². The average molecular weight is 221 g/mol. The maximum atomic E-state index is 11.7. The van der Waals surface area contributed by atoms with E-state index in [2.05, 4.69) is 5.10 Å². The lowest BCUT2D eigenvalue weighted by atomic mass is 10.3. The average Bonchev–Trinajstić information content (AvgIpc) is 2.48. The second kappa shape index (κ2) is 4.43. The van der Waals surface area contributed by atoms with Crippen molar-refractivity contribution in [1.82, 2.24) is 15.1 Å². The second-order valence-corrected chi connectivity index (χ2v) is 2.98. The molecule has 0 saturated carbocycles. The van der Waals surface area contributed by atoms with Crippen LogP contribution in [0, 0.1) is 0 Å². The molecule has 0 aromatic carbocycles. The molecule has 1 N–H and O–H groups in total. The summed E-state index contributed by atoms with van der Waals surface area (Å²) in [5, 5.41) is 5.77. The first-order valence-electron chi connectivity index (χ1n) is 4.19. The summed E-state index contributed by atoms with van der Waals surface area (Å²) in [6, 6.07) is 1.46. The highest BCUT2D eigenvalue weighted by Gasteiger charge is 2.26. The van der Waals surface area contributed by atoms with Crippen LogP contribution in [0.25, 0.3) is 0 Å². The summed E-state index contributed by atoms with van der Waals surface area (Å²) in [7, 11) is 1.55. The van der Waals surface area contributed by atoms with E-state index in [0.29, 0.717) is 0 Å². The fourth-order valence-corrected chi connectivity index (χ4v) is 1.06. The number of rotatable bonds is 4. The molecule has 1 rings (SSSR count). The monoisotopic (exact) mass is 221 g/mol. The number of carbonyl (C=O) groups is 1. The van der Waals surface area contributed by atoms with Gasteiger partial charge in [-0.2, -0.15) is 18.3 Å². The Balaban J connectivity index is 2.41.